The van der Waals surface area contributed by atoms with E-state index in [0.717, 1.165) is 23.8 Å². The molecule has 2 aliphatic rings. The number of benzene rings is 1. The zero-order valence-corrected chi connectivity index (χ0v) is 10.2. The van der Waals surface area contributed by atoms with Gasteiger partial charge in [0, 0.05) is 11.4 Å². The average Bonchev–Trinajstić information content (AvgIpc) is 2.76. The van der Waals surface area contributed by atoms with E-state index in [9.17, 15) is 0 Å². The number of fused-ring (bicyclic) bond motifs is 1. The molecule has 0 radical (unpaired) electrons. The van der Waals surface area contributed by atoms with Gasteiger partial charge in [0.25, 0.3) is 0 Å². The van der Waals surface area contributed by atoms with Gasteiger partial charge in [0.2, 0.25) is 0 Å². The molecule has 0 N–H and O–H groups in total. The fourth-order valence-electron chi connectivity index (χ4n) is 2.94. The minimum absolute atomic E-state index is 0.663. The average molecular weight is 237 g/mol. The summed E-state index contributed by atoms with van der Waals surface area (Å²) in [4.78, 5) is 0. The van der Waals surface area contributed by atoms with Crippen LogP contribution in [0.2, 0.25) is 5.02 Å². The molecule has 0 spiro atoms. The molecule has 1 nitrogen and oxygen atoms in total. The van der Waals surface area contributed by atoms with Gasteiger partial charge in [-0.3, -0.25) is 0 Å². The largest absolute Gasteiger partial charge is 0.493 e. The summed E-state index contributed by atoms with van der Waals surface area (Å²) >= 11 is 6.39. The molecular formula is C14H17ClO. The van der Waals surface area contributed by atoms with Crippen LogP contribution >= 0.6 is 11.6 Å². The molecule has 1 aromatic carbocycles. The van der Waals surface area contributed by atoms with Crippen LogP contribution in [0.3, 0.4) is 0 Å². The summed E-state index contributed by atoms with van der Waals surface area (Å²) < 4.78 is 5.63. The van der Waals surface area contributed by atoms with E-state index in [1.54, 1.807) is 0 Å². The van der Waals surface area contributed by atoms with Crippen molar-refractivity contribution in [3.05, 3.63) is 28.3 Å². The highest BCUT2D eigenvalue weighted by Crippen LogP contribution is 2.40. The van der Waals surface area contributed by atoms with Gasteiger partial charge in [0.1, 0.15) is 5.75 Å². The van der Waals surface area contributed by atoms with Gasteiger partial charge < -0.3 is 4.74 Å². The third-order valence-electron chi connectivity index (χ3n) is 3.85. The Morgan fingerprint density at radius 1 is 1.12 bits per heavy atom. The van der Waals surface area contributed by atoms with Gasteiger partial charge in [0.05, 0.1) is 6.61 Å². The third kappa shape index (κ3) is 1.82. The van der Waals surface area contributed by atoms with Gasteiger partial charge in [-0.25, -0.2) is 0 Å². The third-order valence-corrected chi connectivity index (χ3v) is 4.18. The molecule has 1 heterocycles. The highest BCUT2D eigenvalue weighted by Gasteiger charge is 2.22. The van der Waals surface area contributed by atoms with Crippen molar-refractivity contribution in [1.29, 1.82) is 0 Å². The summed E-state index contributed by atoms with van der Waals surface area (Å²) in [6.45, 7) is 0.819. The lowest BCUT2D eigenvalue weighted by atomic mass is 9.83. The fourth-order valence-corrected chi connectivity index (χ4v) is 3.28. The van der Waals surface area contributed by atoms with E-state index >= 15 is 0 Å². The van der Waals surface area contributed by atoms with Crippen molar-refractivity contribution in [2.24, 2.45) is 0 Å². The van der Waals surface area contributed by atoms with Gasteiger partial charge in [-0.1, -0.05) is 30.9 Å². The quantitative estimate of drug-likeness (QED) is 0.706. The first kappa shape index (κ1) is 10.5. The summed E-state index contributed by atoms with van der Waals surface area (Å²) in [7, 11) is 0. The van der Waals surface area contributed by atoms with Crippen molar-refractivity contribution in [1.82, 2.24) is 0 Å². The van der Waals surface area contributed by atoms with Crippen molar-refractivity contribution >= 4 is 11.6 Å². The standard InChI is InChI=1S/C14H17ClO/c15-13-8-11-6-7-16-14(11)9-12(13)10-4-2-1-3-5-10/h8-10H,1-7H2. The smallest absolute Gasteiger partial charge is 0.123 e. The Labute approximate surface area is 102 Å². The minimum atomic E-state index is 0.663. The van der Waals surface area contributed by atoms with Crippen LogP contribution in [0.15, 0.2) is 12.1 Å². The monoisotopic (exact) mass is 236 g/mol. The van der Waals surface area contributed by atoms with E-state index in [1.807, 2.05) is 0 Å². The number of halogens is 1. The predicted molar refractivity (Wildman–Crippen MR) is 66.5 cm³/mol. The van der Waals surface area contributed by atoms with Crippen molar-refractivity contribution in [3.63, 3.8) is 0 Å². The first-order valence-corrected chi connectivity index (χ1v) is 6.67. The lowest BCUT2D eigenvalue weighted by Gasteiger charge is -2.23. The van der Waals surface area contributed by atoms with E-state index in [-0.39, 0.29) is 0 Å². The van der Waals surface area contributed by atoms with Crippen molar-refractivity contribution in [2.75, 3.05) is 6.61 Å². The molecule has 0 amide bonds. The van der Waals surface area contributed by atoms with Gasteiger partial charge in [-0.05, 0) is 42.0 Å². The lowest BCUT2D eigenvalue weighted by molar-refractivity contribution is 0.355. The Hall–Kier alpha value is -0.690. The molecular weight excluding hydrogens is 220 g/mol. The van der Waals surface area contributed by atoms with Gasteiger partial charge in [0.15, 0.2) is 0 Å². The van der Waals surface area contributed by atoms with Crippen LogP contribution in [0, 0.1) is 0 Å². The molecule has 0 bridgehead atoms. The zero-order chi connectivity index (χ0) is 11.0. The second kappa shape index (κ2) is 4.29. The molecule has 1 aromatic rings. The molecule has 0 aromatic heterocycles. The maximum atomic E-state index is 6.39. The molecule has 2 heteroatoms. The maximum Gasteiger partial charge on any atom is 0.123 e. The SMILES string of the molecule is Clc1cc2c(cc1C1CCCCC1)OCC2. The predicted octanol–water partition coefficient (Wildman–Crippen LogP) is 4.32. The number of ether oxygens (including phenoxy) is 1. The fraction of sp³-hybridized carbons (Fsp3) is 0.571. The number of hydrogen-bond acceptors (Lipinski definition) is 1. The summed E-state index contributed by atoms with van der Waals surface area (Å²) in [5.74, 6) is 1.74. The molecule has 1 aliphatic heterocycles. The van der Waals surface area contributed by atoms with Crippen LogP contribution in [-0.2, 0) is 6.42 Å². The molecule has 16 heavy (non-hydrogen) atoms. The Bertz CT molecular complexity index is 394. The van der Waals surface area contributed by atoms with E-state index in [4.69, 9.17) is 16.3 Å². The second-order valence-corrected chi connectivity index (χ2v) is 5.32. The molecule has 1 fully saturated rings. The van der Waals surface area contributed by atoms with Crippen molar-refractivity contribution in [3.8, 4) is 5.75 Å². The Kier molecular flexibility index (Phi) is 2.81. The maximum absolute atomic E-state index is 6.39. The van der Waals surface area contributed by atoms with Crippen molar-refractivity contribution in [2.45, 2.75) is 44.4 Å². The minimum Gasteiger partial charge on any atom is -0.493 e. The van der Waals surface area contributed by atoms with Crippen molar-refractivity contribution < 1.29 is 4.74 Å². The Morgan fingerprint density at radius 3 is 2.75 bits per heavy atom. The number of hydrogen-bond donors (Lipinski definition) is 0. The van der Waals surface area contributed by atoms with Crippen LogP contribution in [0.1, 0.15) is 49.1 Å². The van der Waals surface area contributed by atoms with Crippen LogP contribution in [0.25, 0.3) is 0 Å². The molecule has 0 unspecified atom stereocenters. The van der Waals surface area contributed by atoms with E-state index in [2.05, 4.69) is 12.1 Å². The second-order valence-electron chi connectivity index (χ2n) is 4.91. The lowest BCUT2D eigenvalue weighted by Crippen LogP contribution is -2.05. The molecule has 0 atom stereocenters. The van der Waals surface area contributed by atoms with Crippen LogP contribution in [0.5, 0.6) is 5.75 Å². The van der Waals surface area contributed by atoms with Gasteiger partial charge in [-0.2, -0.15) is 0 Å². The first-order chi connectivity index (χ1) is 7.84. The van der Waals surface area contributed by atoms with E-state index in [0.29, 0.717) is 5.92 Å². The van der Waals surface area contributed by atoms with E-state index in [1.165, 1.54) is 43.2 Å². The normalized spacial score (nSPS) is 20.6. The summed E-state index contributed by atoms with van der Waals surface area (Å²) in [5, 5.41) is 0.955. The molecule has 0 saturated heterocycles. The van der Waals surface area contributed by atoms with Gasteiger partial charge in [-0.15, -0.1) is 0 Å². The zero-order valence-electron chi connectivity index (χ0n) is 9.47. The van der Waals surface area contributed by atoms with Crippen LogP contribution < -0.4 is 4.74 Å². The number of rotatable bonds is 1. The summed E-state index contributed by atoms with van der Waals surface area (Å²) in [6.07, 6.45) is 7.67. The van der Waals surface area contributed by atoms with Gasteiger partial charge >= 0.3 is 0 Å². The molecule has 1 saturated carbocycles. The Balaban J connectivity index is 1.94. The van der Waals surface area contributed by atoms with E-state index < -0.39 is 0 Å². The highest BCUT2D eigenvalue weighted by molar-refractivity contribution is 6.31. The topological polar surface area (TPSA) is 9.23 Å². The Morgan fingerprint density at radius 2 is 1.94 bits per heavy atom. The summed E-state index contributed by atoms with van der Waals surface area (Å²) in [5.41, 5.74) is 2.60. The molecule has 1 aliphatic carbocycles. The van der Waals surface area contributed by atoms with Crippen LogP contribution in [-0.4, -0.2) is 6.61 Å². The summed E-state index contributed by atoms with van der Waals surface area (Å²) in [6, 6.07) is 4.31. The molecule has 3 rings (SSSR count). The molecule has 86 valence electrons. The van der Waals surface area contributed by atoms with Crippen LogP contribution in [0.4, 0.5) is 0 Å². The first-order valence-electron chi connectivity index (χ1n) is 6.30. The highest BCUT2D eigenvalue weighted by atomic mass is 35.5.